The van der Waals surface area contributed by atoms with Crippen molar-refractivity contribution >= 4 is 31.8 Å². The highest BCUT2D eigenvalue weighted by molar-refractivity contribution is 9.10. The third-order valence-electron chi connectivity index (χ3n) is 3.22. The normalized spacial score (nSPS) is 21.3. The molecule has 1 unspecified atom stereocenters. The van der Waals surface area contributed by atoms with E-state index in [-0.39, 0.29) is 11.7 Å². The molecule has 7 heteroatoms. The minimum Gasteiger partial charge on any atom is -0.271 e. The van der Waals surface area contributed by atoms with Crippen molar-refractivity contribution in [2.75, 3.05) is 11.3 Å². The molecule has 1 fully saturated rings. The minimum atomic E-state index is -3.61. The molecule has 0 radical (unpaired) electrons. The van der Waals surface area contributed by atoms with Gasteiger partial charge in [-0.15, -0.1) is 0 Å². The summed E-state index contributed by atoms with van der Waals surface area (Å²) in [5.74, 6) is -0.494. The van der Waals surface area contributed by atoms with Gasteiger partial charge in [-0.05, 0) is 53.9 Å². The Labute approximate surface area is 121 Å². The van der Waals surface area contributed by atoms with Crippen LogP contribution in [0.5, 0.6) is 0 Å². The van der Waals surface area contributed by atoms with E-state index in [9.17, 15) is 12.8 Å². The number of anilines is 1. The minimum absolute atomic E-state index is 0.0217. The van der Waals surface area contributed by atoms with Crippen molar-refractivity contribution in [3.63, 3.8) is 0 Å². The van der Waals surface area contributed by atoms with Crippen LogP contribution in [0.1, 0.15) is 26.2 Å². The van der Waals surface area contributed by atoms with E-state index >= 15 is 0 Å². The molecule has 1 aromatic rings. The highest BCUT2D eigenvalue weighted by Crippen LogP contribution is 2.24. The second-order valence-electron chi connectivity index (χ2n) is 4.69. The van der Waals surface area contributed by atoms with E-state index in [1.54, 1.807) is 0 Å². The predicted octanol–water partition coefficient (Wildman–Crippen LogP) is 3.12. The molecule has 0 aromatic heterocycles. The van der Waals surface area contributed by atoms with E-state index in [0.29, 0.717) is 11.0 Å². The van der Waals surface area contributed by atoms with Gasteiger partial charge in [0.2, 0.25) is 0 Å². The van der Waals surface area contributed by atoms with E-state index in [0.717, 1.165) is 25.3 Å². The van der Waals surface area contributed by atoms with E-state index in [2.05, 4.69) is 20.7 Å². The molecule has 1 N–H and O–H groups in total. The standard InChI is InChI=1S/C12H16BrFN2O2S/c1-9-4-2-3-7-16(9)19(17,18)15-10-5-6-11(13)12(14)8-10/h5-6,8-9,15H,2-4,7H2,1H3. The average molecular weight is 351 g/mol. The molecule has 0 aliphatic carbocycles. The SMILES string of the molecule is CC1CCCCN1S(=O)(=O)Nc1ccc(Br)c(F)c1. The van der Waals surface area contributed by atoms with Gasteiger partial charge in [-0.3, -0.25) is 4.72 Å². The number of nitrogens with one attached hydrogen (secondary N) is 1. The zero-order valence-corrected chi connectivity index (χ0v) is 13.0. The number of halogens is 2. The van der Waals surface area contributed by atoms with Crippen molar-refractivity contribution in [2.24, 2.45) is 0 Å². The van der Waals surface area contributed by atoms with Gasteiger partial charge >= 0.3 is 10.2 Å². The van der Waals surface area contributed by atoms with Crippen LogP contribution < -0.4 is 4.72 Å². The summed E-state index contributed by atoms with van der Waals surface area (Å²) in [6.07, 6.45) is 2.76. The van der Waals surface area contributed by atoms with Crippen LogP contribution in [-0.2, 0) is 10.2 Å². The maximum Gasteiger partial charge on any atom is 0.301 e. The molecule has 1 aromatic carbocycles. The molecule has 1 atom stereocenters. The van der Waals surface area contributed by atoms with Crippen molar-refractivity contribution < 1.29 is 12.8 Å². The summed E-state index contributed by atoms with van der Waals surface area (Å²) in [7, 11) is -3.61. The summed E-state index contributed by atoms with van der Waals surface area (Å²) in [5.41, 5.74) is 0.235. The second kappa shape index (κ2) is 5.76. The van der Waals surface area contributed by atoms with Crippen LogP contribution in [0.4, 0.5) is 10.1 Å². The zero-order chi connectivity index (χ0) is 14.0. The topological polar surface area (TPSA) is 49.4 Å². The molecule has 1 aliphatic heterocycles. The Morgan fingerprint density at radius 2 is 2.16 bits per heavy atom. The van der Waals surface area contributed by atoms with Gasteiger partial charge < -0.3 is 0 Å². The van der Waals surface area contributed by atoms with Gasteiger partial charge in [-0.1, -0.05) is 6.42 Å². The Morgan fingerprint density at radius 3 is 2.79 bits per heavy atom. The first-order valence-corrected chi connectivity index (χ1v) is 8.38. The summed E-state index contributed by atoms with van der Waals surface area (Å²) in [6, 6.07) is 4.15. The fourth-order valence-corrected chi connectivity index (χ4v) is 3.93. The number of hydrogen-bond donors (Lipinski definition) is 1. The first-order valence-electron chi connectivity index (χ1n) is 6.15. The Hall–Kier alpha value is -0.660. The Bertz CT molecular complexity index is 565. The van der Waals surface area contributed by atoms with Gasteiger partial charge in [0.05, 0.1) is 10.2 Å². The molecule has 2 rings (SSSR count). The molecule has 0 amide bonds. The van der Waals surface area contributed by atoms with Crippen LogP contribution in [0.15, 0.2) is 22.7 Å². The van der Waals surface area contributed by atoms with Crippen LogP contribution >= 0.6 is 15.9 Å². The smallest absolute Gasteiger partial charge is 0.271 e. The molecule has 0 spiro atoms. The first-order chi connectivity index (χ1) is 8.90. The molecule has 19 heavy (non-hydrogen) atoms. The van der Waals surface area contributed by atoms with Gasteiger partial charge in [-0.25, -0.2) is 4.39 Å². The fraction of sp³-hybridized carbons (Fsp3) is 0.500. The number of rotatable bonds is 3. The molecule has 4 nitrogen and oxygen atoms in total. The van der Waals surface area contributed by atoms with E-state index < -0.39 is 16.0 Å². The maximum absolute atomic E-state index is 13.4. The van der Waals surface area contributed by atoms with Crippen LogP contribution in [0.25, 0.3) is 0 Å². The summed E-state index contributed by atoms with van der Waals surface area (Å²) in [4.78, 5) is 0. The monoisotopic (exact) mass is 350 g/mol. The van der Waals surface area contributed by atoms with Crippen molar-refractivity contribution in [2.45, 2.75) is 32.2 Å². The molecule has 1 saturated heterocycles. The number of piperidine rings is 1. The lowest BCUT2D eigenvalue weighted by Gasteiger charge is -2.32. The van der Waals surface area contributed by atoms with Crippen LogP contribution in [-0.4, -0.2) is 25.3 Å². The predicted molar refractivity (Wildman–Crippen MR) is 76.7 cm³/mol. The van der Waals surface area contributed by atoms with Crippen molar-refractivity contribution in [3.8, 4) is 0 Å². The number of nitrogens with zero attached hydrogens (tertiary/aromatic N) is 1. The Kier molecular flexibility index (Phi) is 4.47. The number of hydrogen-bond acceptors (Lipinski definition) is 2. The lowest BCUT2D eigenvalue weighted by Crippen LogP contribution is -2.44. The Morgan fingerprint density at radius 1 is 1.42 bits per heavy atom. The molecule has 1 heterocycles. The highest BCUT2D eigenvalue weighted by Gasteiger charge is 2.29. The summed E-state index contributed by atoms with van der Waals surface area (Å²) >= 11 is 3.03. The van der Waals surface area contributed by atoms with Gasteiger partial charge in [0.15, 0.2) is 0 Å². The maximum atomic E-state index is 13.4. The summed E-state index contributed by atoms with van der Waals surface area (Å²) in [5, 5.41) is 0. The molecular formula is C12H16BrFN2O2S. The lowest BCUT2D eigenvalue weighted by atomic mass is 10.1. The van der Waals surface area contributed by atoms with Gasteiger partial charge in [0.25, 0.3) is 0 Å². The van der Waals surface area contributed by atoms with Gasteiger partial charge in [0, 0.05) is 12.6 Å². The highest BCUT2D eigenvalue weighted by atomic mass is 79.9. The zero-order valence-electron chi connectivity index (χ0n) is 10.6. The van der Waals surface area contributed by atoms with Crippen molar-refractivity contribution in [3.05, 3.63) is 28.5 Å². The van der Waals surface area contributed by atoms with Crippen molar-refractivity contribution in [1.29, 1.82) is 0 Å². The second-order valence-corrected chi connectivity index (χ2v) is 7.17. The van der Waals surface area contributed by atoms with Crippen molar-refractivity contribution in [1.82, 2.24) is 4.31 Å². The Balaban J connectivity index is 2.18. The largest absolute Gasteiger partial charge is 0.301 e. The molecule has 1 aliphatic rings. The van der Waals surface area contributed by atoms with Crippen LogP contribution in [0.3, 0.4) is 0 Å². The van der Waals surface area contributed by atoms with Gasteiger partial charge in [-0.2, -0.15) is 12.7 Å². The third kappa shape index (κ3) is 3.46. The molecule has 0 saturated carbocycles. The lowest BCUT2D eigenvalue weighted by molar-refractivity contribution is 0.270. The third-order valence-corrected chi connectivity index (χ3v) is 5.51. The first kappa shape index (κ1) is 14.7. The number of benzene rings is 1. The molecule has 0 bridgehead atoms. The summed E-state index contributed by atoms with van der Waals surface area (Å²) < 4.78 is 42.0. The quantitative estimate of drug-likeness (QED) is 0.910. The van der Waals surface area contributed by atoms with Crippen LogP contribution in [0.2, 0.25) is 0 Å². The van der Waals surface area contributed by atoms with Crippen LogP contribution in [0, 0.1) is 5.82 Å². The summed E-state index contributed by atoms with van der Waals surface area (Å²) in [6.45, 7) is 2.40. The molecule has 106 valence electrons. The van der Waals surface area contributed by atoms with Gasteiger partial charge in [0.1, 0.15) is 5.82 Å². The fourth-order valence-electron chi connectivity index (χ4n) is 2.20. The molecular weight excluding hydrogens is 335 g/mol. The van der Waals surface area contributed by atoms with E-state index in [1.165, 1.54) is 16.4 Å². The average Bonchev–Trinajstić information content (AvgIpc) is 2.34. The van der Waals surface area contributed by atoms with E-state index in [4.69, 9.17) is 0 Å². The van der Waals surface area contributed by atoms with E-state index in [1.807, 2.05) is 6.92 Å².